The summed E-state index contributed by atoms with van der Waals surface area (Å²) in [7, 11) is 0. The first-order chi connectivity index (χ1) is 9.74. The molecule has 2 aromatic rings. The molecule has 0 saturated heterocycles. The van der Waals surface area contributed by atoms with Gasteiger partial charge in [0, 0.05) is 11.8 Å². The first kappa shape index (κ1) is 14.7. The minimum atomic E-state index is -0.176. The molecule has 0 radical (unpaired) electrons. The number of halogens is 1. The normalized spacial score (nSPS) is 10.8. The fourth-order valence-electron chi connectivity index (χ4n) is 2.32. The number of nitrogens with zero attached hydrogens (tertiary/aromatic N) is 1. The van der Waals surface area contributed by atoms with Gasteiger partial charge in [-0.25, -0.2) is 4.39 Å². The van der Waals surface area contributed by atoms with Crippen molar-refractivity contribution in [3.63, 3.8) is 0 Å². The number of benzene rings is 1. The lowest BCUT2D eigenvalue weighted by Gasteiger charge is -2.06. The van der Waals surface area contributed by atoms with Crippen molar-refractivity contribution in [2.45, 2.75) is 46.0 Å². The van der Waals surface area contributed by atoms with Gasteiger partial charge in [-0.05, 0) is 48.6 Å². The van der Waals surface area contributed by atoms with Gasteiger partial charge in [0.05, 0.1) is 5.69 Å². The smallest absolute Gasteiger partial charge is 0.132 e. The molecule has 2 rings (SSSR count). The van der Waals surface area contributed by atoms with Crippen molar-refractivity contribution in [2.24, 2.45) is 0 Å². The molecule has 0 aliphatic rings. The van der Waals surface area contributed by atoms with Crippen molar-refractivity contribution in [1.82, 2.24) is 4.98 Å². The molecule has 0 amide bonds. The second kappa shape index (κ2) is 7.18. The summed E-state index contributed by atoms with van der Waals surface area (Å²) >= 11 is 0. The number of aromatic nitrogens is 1. The zero-order valence-corrected chi connectivity index (χ0v) is 12.3. The molecule has 1 aromatic heterocycles. The molecule has 0 atom stereocenters. The number of hydrogen-bond acceptors (Lipinski definition) is 1. The van der Waals surface area contributed by atoms with Crippen LogP contribution in [0.3, 0.4) is 0 Å². The van der Waals surface area contributed by atoms with Gasteiger partial charge >= 0.3 is 0 Å². The van der Waals surface area contributed by atoms with E-state index in [2.05, 4.69) is 24.9 Å². The Kier molecular flexibility index (Phi) is 5.28. The van der Waals surface area contributed by atoms with Crippen molar-refractivity contribution in [3.05, 3.63) is 53.5 Å². The first-order valence-electron chi connectivity index (χ1n) is 7.48. The van der Waals surface area contributed by atoms with Gasteiger partial charge in [0.15, 0.2) is 0 Å². The zero-order chi connectivity index (χ0) is 14.4. The van der Waals surface area contributed by atoms with Gasteiger partial charge in [-0.1, -0.05) is 38.8 Å². The summed E-state index contributed by atoms with van der Waals surface area (Å²) in [6.45, 7) is 4.28. The summed E-state index contributed by atoms with van der Waals surface area (Å²) in [5.74, 6) is -0.176. The van der Waals surface area contributed by atoms with Crippen molar-refractivity contribution < 1.29 is 4.39 Å². The molecule has 0 aliphatic carbocycles. The molecule has 0 fully saturated rings. The van der Waals surface area contributed by atoms with Gasteiger partial charge in [0.1, 0.15) is 5.82 Å². The highest BCUT2D eigenvalue weighted by molar-refractivity contribution is 5.60. The van der Waals surface area contributed by atoms with Gasteiger partial charge in [-0.3, -0.25) is 4.98 Å². The van der Waals surface area contributed by atoms with Gasteiger partial charge < -0.3 is 0 Å². The largest absolute Gasteiger partial charge is 0.256 e. The molecular weight excluding hydrogens is 249 g/mol. The van der Waals surface area contributed by atoms with Gasteiger partial charge in [-0.15, -0.1) is 0 Å². The highest BCUT2D eigenvalue weighted by Crippen LogP contribution is 2.22. The molecule has 0 aliphatic heterocycles. The summed E-state index contributed by atoms with van der Waals surface area (Å²) in [5, 5.41) is 0. The van der Waals surface area contributed by atoms with E-state index in [-0.39, 0.29) is 5.82 Å². The molecule has 0 unspecified atom stereocenters. The van der Waals surface area contributed by atoms with Crippen molar-refractivity contribution in [3.8, 4) is 11.3 Å². The molecule has 106 valence electrons. The van der Waals surface area contributed by atoms with E-state index in [4.69, 9.17) is 0 Å². The maximum Gasteiger partial charge on any atom is 0.132 e. The fraction of sp³-hybridized carbons (Fsp3) is 0.389. The molecular formula is C18H22FN. The Morgan fingerprint density at radius 3 is 2.35 bits per heavy atom. The molecule has 0 N–H and O–H groups in total. The van der Waals surface area contributed by atoms with Crippen LogP contribution in [-0.2, 0) is 12.8 Å². The van der Waals surface area contributed by atoms with E-state index in [0.29, 0.717) is 11.3 Å². The Morgan fingerprint density at radius 2 is 1.75 bits per heavy atom. The minimum absolute atomic E-state index is 0.176. The van der Waals surface area contributed by atoms with Crippen LogP contribution in [0.4, 0.5) is 4.39 Å². The number of rotatable bonds is 6. The molecule has 0 bridgehead atoms. The molecule has 20 heavy (non-hydrogen) atoms. The van der Waals surface area contributed by atoms with Crippen LogP contribution in [0.2, 0.25) is 0 Å². The highest BCUT2D eigenvalue weighted by Gasteiger charge is 2.07. The summed E-state index contributed by atoms with van der Waals surface area (Å²) < 4.78 is 14.1. The maximum absolute atomic E-state index is 14.1. The van der Waals surface area contributed by atoms with Crippen molar-refractivity contribution in [1.29, 1.82) is 0 Å². The number of aryl methyl sites for hydroxylation is 2. The van der Waals surface area contributed by atoms with Crippen LogP contribution in [0.25, 0.3) is 11.3 Å². The third-order valence-corrected chi connectivity index (χ3v) is 3.49. The number of pyridine rings is 1. The van der Waals surface area contributed by atoms with Crippen LogP contribution in [0, 0.1) is 5.82 Å². The Bertz CT molecular complexity index is 546. The Morgan fingerprint density at radius 1 is 0.950 bits per heavy atom. The summed E-state index contributed by atoms with van der Waals surface area (Å²) in [5.41, 5.74) is 3.57. The van der Waals surface area contributed by atoms with Crippen LogP contribution in [0.5, 0.6) is 0 Å². The van der Waals surface area contributed by atoms with E-state index in [1.807, 2.05) is 24.4 Å². The van der Waals surface area contributed by atoms with Crippen molar-refractivity contribution >= 4 is 0 Å². The van der Waals surface area contributed by atoms with Crippen LogP contribution in [0.1, 0.15) is 44.2 Å². The van der Waals surface area contributed by atoms with Crippen LogP contribution < -0.4 is 0 Å². The first-order valence-corrected chi connectivity index (χ1v) is 7.48. The summed E-state index contributed by atoms with van der Waals surface area (Å²) in [6, 6.07) is 9.44. The minimum Gasteiger partial charge on any atom is -0.256 e. The third kappa shape index (κ3) is 3.66. The second-order valence-corrected chi connectivity index (χ2v) is 5.22. The van der Waals surface area contributed by atoms with E-state index < -0.39 is 0 Å². The van der Waals surface area contributed by atoms with E-state index >= 15 is 0 Å². The average molecular weight is 271 g/mol. The van der Waals surface area contributed by atoms with E-state index in [0.717, 1.165) is 24.8 Å². The lowest BCUT2D eigenvalue weighted by atomic mass is 10.0. The molecule has 1 aromatic carbocycles. The van der Waals surface area contributed by atoms with Gasteiger partial charge in [-0.2, -0.15) is 0 Å². The van der Waals surface area contributed by atoms with Gasteiger partial charge in [0.25, 0.3) is 0 Å². The summed E-state index contributed by atoms with van der Waals surface area (Å²) in [4.78, 5) is 4.40. The Balaban J connectivity index is 2.18. The average Bonchev–Trinajstić information content (AvgIpc) is 2.46. The van der Waals surface area contributed by atoms with E-state index in [1.165, 1.54) is 18.4 Å². The maximum atomic E-state index is 14.1. The van der Waals surface area contributed by atoms with Crippen LogP contribution >= 0.6 is 0 Å². The van der Waals surface area contributed by atoms with E-state index in [1.54, 1.807) is 6.07 Å². The SMILES string of the molecule is CCCCc1ccc(-c2ccc(CCC)cc2F)nc1. The predicted octanol–water partition coefficient (Wildman–Crippen LogP) is 5.18. The van der Waals surface area contributed by atoms with Crippen LogP contribution in [-0.4, -0.2) is 4.98 Å². The Hall–Kier alpha value is -1.70. The molecule has 1 heterocycles. The molecule has 0 spiro atoms. The summed E-state index contributed by atoms with van der Waals surface area (Å²) in [6.07, 6.45) is 7.20. The predicted molar refractivity (Wildman–Crippen MR) is 82.2 cm³/mol. The lowest BCUT2D eigenvalue weighted by Crippen LogP contribution is -1.93. The standard InChI is InChI=1S/C18H22FN/c1-3-5-7-15-9-11-18(20-13-15)16-10-8-14(6-4-2)12-17(16)19/h8-13H,3-7H2,1-2H3. The molecule has 0 saturated carbocycles. The monoisotopic (exact) mass is 271 g/mol. The highest BCUT2D eigenvalue weighted by atomic mass is 19.1. The molecule has 1 nitrogen and oxygen atoms in total. The van der Waals surface area contributed by atoms with Gasteiger partial charge in [0.2, 0.25) is 0 Å². The Labute approximate surface area is 120 Å². The zero-order valence-electron chi connectivity index (χ0n) is 12.3. The van der Waals surface area contributed by atoms with E-state index in [9.17, 15) is 4.39 Å². The number of hydrogen-bond donors (Lipinski definition) is 0. The molecule has 2 heteroatoms. The lowest BCUT2D eigenvalue weighted by molar-refractivity contribution is 0.628. The quantitative estimate of drug-likeness (QED) is 0.705. The van der Waals surface area contributed by atoms with Crippen molar-refractivity contribution in [2.75, 3.05) is 0 Å². The second-order valence-electron chi connectivity index (χ2n) is 5.22. The third-order valence-electron chi connectivity index (χ3n) is 3.49. The van der Waals surface area contributed by atoms with Crippen LogP contribution in [0.15, 0.2) is 36.5 Å². The topological polar surface area (TPSA) is 12.9 Å². The number of unbranched alkanes of at least 4 members (excludes halogenated alkanes) is 1. The fourth-order valence-corrected chi connectivity index (χ4v) is 2.32.